The van der Waals surface area contributed by atoms with Crippen molar-refractivity contribution in [1.82, 2.24) is 10.6 Å². The smallest absolute Gasteiger partial charge is 0.322 e. The number of ether oxygens (including phenoxy) is 1. The van der Waals surface area contributed by atoms with Crippen LogP contribution >= 0.6 is 0 Å². The normalized spacial score (nSPS) is 44.9. The molecular formula is C13H22N2O2. The minimum absolute atomic E-state index is 0.0799. The summed E-state index contributed by atoms with van der Waals surface area (Å²) in [4.78, 5) is 11.6. The number of fused-ring (bicyclic) bond motifs is 3. The lowest BCUT2D eigenvalue weighted by Crippen LogP contribution is -2.52. The Morgan fingerprint density at radius 1 is 1.18 bits per heavy atom. The van der Waals surface area contributed by atoms with Crippen molar-refractivity contribution in [3.8, 4) is 0 Å². The maximum absolute atomic E-state index is 11.6. The maximum Gasteiger partial charge on any atom is 0.322 e. The fourth-order valence-electron chi connectivity index (χ4n) is 4.07. The van der Waals surface area contributed by atoms with Crippen molar-refractivity contribution in [2.75, 3.05) is 13.7 Å². The average Bonchev–Trinajstić information content (AvgIpc) is 2.75. The lowest BCUT2D eigenvalue weighted by atomic mass is 9.74. The van der Waals surface area contributed by atoms with E-state index >= 15 is 0 Å². The molecule has 0 aromatic heterocycles. The van der Waals surface area contributed by atoms with Crippen molar-refractivity contribution >= 4 is 5.97 Å². The molecule has 2 heterocycles. The van der Waals surface area contributed by atoms with Crippen molar-refractivity contribution in [1.29, 1.82) is 0 Å². The van der Waals surface area contributed by atoms with Gasteiger partial charge in [0.2, 0.25) is 0 Å². The minimum atomic E-state index is -0.0947. The second-order valence-corrected chi connectivity index (χ2v) is 5.71. The zero-order valence-electron chi connectivity index (χ0n) is 10.4. The van der Waals surface area contributed by atoms with E-state index in [1.807, 2.05) is 0 Å². The molecule has 3 fully saturated rings. The van der Waals surface area contributed by atoms with Crippen LogP contribution in [0.25, 0.3) is 0 Å². The zero-order valence-corrected chi connectivity index (χ0v) is 10.4. The predicted molar refractivity (Wildman–Crippen MR) is 64.6 cm³/mol. The summed E-state index contributed by atoms with van der Waals surface area (Å²) < 4.78 is 4.85. The van der Waals surface area contributed by atoms with Crippen LogP contribution in [0.4, 0.5) is 0 Å². The Balaban J connectivity index is 1.70. The summed E-state index contributed by atoms with van der Waals surface area (Å²) in [6.45, 7) is 0.914. The highest BCUT2D eigenvalue weighted by Gasteiger charge is 2.47. The number of hydrogen-bond donors (Lipinski definition) is 2. The van der Waals surface area contributed by atoms with Gasteiger partial charge in [-0.15, -0.1) is 0 Å². The summed E-state index contributed by atoms with van der Waals surface area (Å²) in [5, 5.41) is 7.07. The number of hydrogen-bond acceptors (Lipinski definition) is 4. The van der Waals surface area contributed by atoms with Crippen LogP contribution in [0.15, 0.2) is 0 Å². The van der Waals surface area contributed by atoms with E-state index in [2.05, 4.69) is 10.6 Å². The van der Waals surface area contributed by atoms with Crippen molar-refractivity contribution in [3.05, 3.63) is 0 Å². The molecule has 17 heavy (non-hydrogen) atoms. The molecular weight excluding hydrogens is 216 g/mol. The van der Waals surface area contributed by atoms with E-state index in [-0.39, 0.29) is 12.0 Å². The van der Waals surface area contributed by atoms with Gasteiger partial charge in [-0.1, -0.05) is 12.8 Å². The second-order valence-electron chi connectivity index (χ2n) is 5.71. The monoisotopic (exact) mass is 238 g/mol. The first-order valence-electron chi connectivity index (χ1n) is 6.87. The predicted octanol–water partition coefficient (Wildman–Crippen LogP) is 0.668. The first kappa shape index (κ1) is 11.5. The SMILES string of the molecule is COC(=O)C1CC2C(CN1)NC1CCCCC12. The number of methoxy groups -OCH3 is 1. The quantitative estimate of drug-likeness (QED) is 0.659. The van der Waals surface area contributed by atoms with E-state index < -0.39 is 0 Å². The molecule has 5 atom stereocenters. The number of carbonyl (C=O) groups is 1. The van der Waals surface area contributed by atoms with Crippen LogP contribution in [0.3, 0.4) is 0 Å². The van der Waals surface area contributed by atoms with Crippen molar-refractivity contribution in [2.24, 2.45) is 11.8 Å². The molecule has 3 rings (SSSR count). The van der Waals surface area contributed by atoms with Crippen molar-refractivity contribution in [3.63, 3.8) is 0 Å². The topological polar surface area (TPSA) is 50.4 Å². The average molecular weight is 238 g/mol. The number of nitrogens with one attached hydrogen (secondary N) is 2. The molecule has 0 amide bonds. The van der Waals surface area contributed by atoms with E-state index in [1.165, 1.54) is 32.8 Å². The highest BCUT2D eigenvalue weighted by atomic mass is 16.5. The molecule has 1 aliphatic carbocycles. The molecule has 0 aromatic rings. The third-order valence-electron chi connectivity index (χ3n) is 4.89. The van der Waals surface area contributed by atoms with Gasteiger partial charge >= 0.3 is 5.97 Å². The Bertz CT molecular complexity index is 308. The van der Waals surface area contributed by atoms with E-state index in [4.69, 9.17) is 4.74 Å². The summed E-state index contributed by atoms with van der Waals surface area (Å²) in [5.74, 6) is 1.37. The Morgan fingerprint density at radius 2 is 2.00 bits per heavy atom. The Labute approximate surface area is 102 Å². The van der Waals surface area contributed by atoms with E-state index in [9.17, 15) is 4.79 Å². The Hall–Kier alpha value is -0.610. The van der Waals surface area contributed by atoms with Crippen LogP contribution in [0.2, 0.25) is 0 Å². The zero-order chi connectivity index (χ0) is 11.8. The fraction of sp³-hybridized carbons (Fsp3) is 0.923. The van der Waals surface area contributed by atoms with Gasteiger partial charge in [0.15, 0.2) is 0 Å². The van der Waals surface area contributed by atoms with Gasteiger partial charge in [0.05, 0.1) is 7.11 Å². The molecule has 1 saturated carbocycles. The fourth-order valence-corrected chi connectivity index (χ4v) is 4.07. The van der Waals surface area contributed by atoms with E-state index in [0.717, 1.165) is 18.9 Å². The molecule has 0 aromatic carbocycles. The third-order valence-corrected chi connectivity index (χ3v) is 4.89. The van der Waals surface area contributed by atoms with Gasteiger partial charge in [-0.3, -0.25) is 4.79 Å². The van der Waals surface area contributed by atoms with Gasteiger partial charge in [-0.25, -0.2) is 0 Å². The molecule has 0 radical (unpaired) electrons. The lowest BCUT2D eigenvalue weighted by molar-refractivity contribution is -0.144. The first-order chi connectivity index (χ1) is 8.29. The highest BCUT2D eigenvalue weighted by Crippen LogP contribution is 2.41. The summed E-state index contributed by atoms with van der Waals surface area (Å²) in [7, 11) is 1.48. The van der Waals surface area contributed by atoms with Crippen LogP contribution in [-0.2, 0) is 9.53 Å². The van der Waals surface area contributed by atoms with Gasteiger partial charge < -0.3 is 15.4 Å². The summed E-state index contributed by atoms with van der Waals surface area (Å²) >= 11 is 0. The number of piperidine rings is 1. The van der Waals surface area contributed by atoms with Crippen LogP contribution in [0.5, 0.6) is 0 Å². The van der Waals surface area contributed by atoms with Crippen LogP contribution in [0, 0.1) is 11.8 Å². The van der Waals surface area contributed by atoms with Gasteiger partial charge in [-0.2, -0.15) is 0 Å². The van der Waals surface area contributed by atoms with Gasteiger partial charge in [0.25, 0.3) is 0 Å². The third kappa shape index (κ3) is 1.97. The van der Waals surface area contributed by atoms with E-state index in [0.29, 0.717) is 18.0 Å². The summed E-state index contributed by atoms with van der Waals surface area (Å²) in [6.07, 6.45) is 6.34. The Morgan fingerprint density at radius 3 is 2.82 bits per heavy atom. The molecule has 2 N–H and O–H groups in total. The van der Waals surface area contributed by atoms with Gasteiger partial charge in [0.1, 0.15) is 6.04 Å². The first-order valence-corrected chi connectivity index (χ1v) is 6.87. The van der Waals surface area contributed by atoms with Crippen molar-refractivity contribution < 1.29 is 9.53 Å². The van der Waals surface area contributed by atoms with Crippen LogP contribution in [-0.4, -0.2) is 37.7 Å². The Kier molecular flexibility index (Phi) is 3.09. The molecule has 5 unspecified atom stereocenters. The van der Waals surface area contributed by atoms with Gasteiger partial charge in [-0.05, 0) is 31.1 Å². The highest BCUT2D eigenvalue weighted by molar-refractivity contribution is 5.75. The summed E-state index contributed by atoms with van der Waals surface area (Å²) in [5.41, 5.74) is 0. The molecule has 2 aliphatic heterocycles. The largest absolute Gasteiger partial charge is 0.468 e. The molecule has 0 bridgehead atoms. The molecule has 0 spiro atoms. The molecule has 96 valence electrons. The maximum atomic E-state index is 11.6. The standard InChI is InChI=1S/C13H22N2O2/c1-17-13(16)11-6-9-8-4-2-3-5-10(8)15-12(9)7-14-11/h8-12,14-15H,2-7H2,1H3. The van der Waals surface area contributed by atoms with E-state index in [1.54, 1.807) is 0 Å². The summed E-state index contributed by atoms with van der Waals surface area (Å²) in [6, 6.07) is 1.20. The number of esters is 1. The van der Waals surface area contributed by atoms with Crippen LogP contribution in [0.1, 0.15) is 32.1 Å². The molecule has 2 saturated heterocycles. The number of carbonyl (C=O) groups excluding carboxylic acids is 1. The molecule has 3 aliphatic rings. The van der Waals surface area contributed by atoms with Crippen LogP contribution < -0.4 is 10.6 Å². The lowest BCUT2D eigenvalue weighted by Gasteiger charge is -2.34. The second kappa shape index (κ2) is 4.58. The minimum Gasteiger partial charge on any atom is -0.468 e. The van der Waals surface area contributed by atoms with Crippen molar-refractivity contribution in [2.45, 2.75) is 50.2 Å². The molecule has 4 nitrogen and oxygen atoms in total. The van der Waals surface area contributed by atoms with Gasteiger partial charge in [0, 0.05) is 18.6 Å². The molecule has 4 heteroatoms. The number of rotatable bonds is 1.